The zero-order chi connectivity index (χ0) is 13.7. The highest BCUT2D eigenvalue weighted by molar-refractivity contribution is 5.97. The first-order chi connectivity index (χ1) is 9.22. The molecule has 0 heterocycles. The Morgan fingerprint density at radius 3 is 2.42 bits per heavy atom. The standard InChI is InChI=1S/C17H25NO/c1-3-5-14-8-10-16(11-9-14)17(19)13-18(4-2)12-15-6-7-15/h8-11,15H,3-7,12-13H2,1-2H3. The molecule has 2 heteroatoms. The van der Waals surface area contributed by atoms with Crippen LogP contribution in [0.25, 0.3) is 0 Å². The Bertz CT molecular complexity index is 406. The third-order valence-corrected chi connectivity index (χ3v) is 3.84. The van der Waals surface area contributed by atoms with Crippen LogP contribution in [0, 0.1) is 5.92 Å². The lowest BCUT2D eigenvalue weighted by molar-refractivity contribution is 0.0931. The van der Waals surface area contributed by atoms with Gasteiger partial charge in [-0.2, -0.15) is 0 Å². The predicted molar refractivity (Wildman–Crippen MR) is 79.6 cm³/mol. The SMILES string of the molecule is CCCc1ccc(C(=O)CN(CC)CC2CC2)cc1. The molecular weight excluding hydrogens is 234 g/mol. The van der Waals surface area contributed by atoms with Gasteiger partial charge in [-0.05, 0) is 37.3 Å². The molecular formula is C17H25NO. The van der Waals surface area contributed by atoms with Crippen molar-refractivity contribution in [3.63, 3.8) is 0 Å². The van der Waals surface area contributed by atoms with Gasteiger partial charge in [-0.1, -0.05) is 44.5 Å². The van der Waals surface area contributed by atoms with Gasteiger partial charge in [0, 0.05) is 12.1 Å². The van der Waals surface area contributed by atoms with E-state index in [2.05, 4.69) is 30.9 Å². The molecule has 1 saturated carbocycles. The Kier molecular flexibility index (Phi) is 5.15. The van der Waals surface area contributed by atoms with Crippen molar-refractivity contribution < 1.29 is 4.79 Å². The van der Waals surface area contributed by atoms with E-state index < -0.39 is 0 Å². The van der Waals surface area contributed by atoms with Gasteiger partial charge in [-0.25, -0.2) is 0 Å². The van der Waals surface area contributed by atoms with E-state index >= 15 is 0 Å². The van der Waals surface area contributed by atoms with E-state index in [9.17, 15) is 4.79 Å². The Hall–Kier alpha value is -1.15. The van der Waals surface area contributed by atoms with Crippen molar-refractivity contribution in [1.82, 2.24) is 4.90 Å². The smallest absolute Gasteiger partial charge is 0.176 e. The summed E-state index contributed by atoms with van der Waals surface area (Å²) in [4.78, 5) is 14.5. The van der Waals surface area contributed by atoms with Gasteiger partial charge in [0.25, 0.3) is 0 Å². The summed E-state index contributed by atoms with van der Waals surface area (Å²) in [6.45, 7) is 6.95. The minimum atomic E-state index is 0.255. The second-order valence-corrected chi connectivity index (χ2v) is 5.64. The molecule has 0 bridgehead atoms. The Labute approximate surface area is 116 Å². The number of nitrogens with zero attached hydrogens (tertiary/aromatic N) is 1. The first-order valence-corrected chi connectivity index (χ1v) is 7.57. The lowest BCUT2D eigenvalue weighted by Gasteiger charge is -2.19. The van der Waals surface area contributed by atoms with Gasteiger partial charge < -0.3 is 0 Å². The van der Waals surface area contributed by atoms with Gasteiger partial charge in [0.2, 0.25) is 0 Å². The average Bonchev–Trinajstić information content (AvgIpc) is 3.23. The van der Waals surface area contributed by atoms with Crippen molar-refractivity contribution in [1.29, 1.82) is 0 Å². The number of carbonyl (C=O) groups excluding carboxylic acids is 1. The van der Waals surface area contributed by atoms with Crippen LogP contribution >= 0.6 is 0 Å². The number of likely N-dealkylation sites (N-methyl/N-ethyl adjacent to an activating group) is 1. The molecule has 1 fully saturated rings. The summed E-state index contributed by atoms with van der Waals surface area (Å²) in [7, 11) is 0. The normalized spacial score (nSPS) is 14.9. The van der Waals surface area contributed by atoms with E-state index in [4.69, 9.17) is 0 Å². The van der Waals surface area contributed by atoms with Gasteiger partial charge in [0.05, 0.1) is 6.54 Å². The van der Waals surface area contributed by atoms with Crippen molar-refractivity contribution in [3.05, 3.63) is 35.4 Å². The third kappa shape index (κ3) is 4.46. The van der Waals surface area contributed by atoms with E-state index in [1.54, 1.807) is 0 Å². The fourth-order valence-corrected chi connectivity index (χ4v) is 2.41. The minimum Gasteiger partial charge on any atom is -0.296 e. The van der Waals surface area contributed by atoms with Gasteiger partial charge in [0.15, 0.2) is 5.78 Å². The molecule has 0 aliphatic heterocycles. The van der Waals surface area contributed by atoms with Crippen LogP contribution in [0.15, 0.2) is 24.3 Å². The predicted octanol–water partition coefficient (Wildman–Crippen LogP) is 3.55. The molecule has 1 aliphatic carbocycles. The summed E-state index contributed by atoms with van der Waals surface area (Å²) < 4.78 is 0. The molecule has 1 aromatic rings. The highest BCUT2D eigenvalue weighted by Crippen LogP contribution is 2.29. The van der Waals surface area contributed by atoms with Crippen molar-refractivity contribution in [2.45, 2.75) is 39.5 Å². The Morgan fingerprint density at radius 2 is 1.89 bits per heavy atom. The zero-order valence-electron chi connectivity index (χ0n) is 12.2. The molecule has 1 aliphatic rings. The highest BCUT2D eigenvalue weighted by Gasteiger charge is 2.24. The van der Waals surface area contributed by atoms with Crippen molar-refractivity contribution in [2.75, 3.05) is 19.6 Å². The van der Waals surface area contributed by atoms with Crippen LogP contribution in [-0.2, 0) is 6.42 Å². The molecule has 0 saturated heterocycles. The summed E-state index contributed by atoms with van der Waals surface area (Å²) in [5, 5.41) is 0. The number of ketones is 1. The van der Waals surface area contributed by atoms with Gasteiger partial charge in [-0.3, -0.25) is 9.69 Å². The van der Waals surface area contributed by atoms with E-state index in [0.29, 0.717) is 6.54 Å². The van der Waals surface area contributed by atoms with Gasteiger partial charge in [-0.15, -0.1) is 0 Å². The Morgan fingerprint density at radius 1 is 1.21 bits per heavy atom. The first kappa shape index (κ1) is 14.3. The quantitative estimate of drug-likeness (QED) is 0.665. The van der Waals surface area contributed by atoms with Crippen LogP contribution in [0.3, 0.4) is 0 Å². The largest absolute Gasteiger partial charge is 0.296 e. The number of hydrogen-bond donors (Lipinski definition) is 0. The summed E-state index contributed by atoms with van der Waals surface area (Å²) in [6.07, 6.45) is 4.93. The van der Waals surface area contributed by atoms with Crippen LogP contribution in [0.4, 0.5) is 0 Å². The van der Waals surface area contributed by atoms with E-state index in [1.807, 2.05) is 12.1 Å². The number of aryl methyl sites for hydroxylation is 1. The van der Waals surface area contributed by atoms with Gasteiger partial charge >= 0.3 is 0 Å². The average molecular weight is 259 g/mol. The second kappa shape index (κ2) is 6.85. The molecule has 19 heavy (non-hydrogen) atoms. The molecule has 0 unspecified atom stereocenters. The van der Waals surface area contributed by atoms with E-state index in [1.165, 1.54) is 18.4 Å². The third-order valence-electron chi connectivity index (χ3n) is 3.84. The fourth-order valence-electron chi connectivity index (χ4n) is 2.41. The summed E-state index contributed by atoms with van der Waals surface area (Å²) in [5.41, 5.74) is 2.18. The van der Waals surface area contributed by atoms with Crippen LogP contribution < -0.4 is 0 Å². The number of Topliss-reactive ketones (excluding diaryl/α,β-unsaturated/α-hetero) is 1. The Balaban J connectivity index is 1.90. The monoisotopic (exact) mass is 259 g/mol. The molecule has 0 radical (unpaired) electrons. The molecule has 0 aromatic heterocycles. The maximum absolute atomic E-state index is 12.2. The van der Waals surface area contributed by atoms with Crippen LogP contribution in [-0.4, -0.2) is 30.3 Å². The minimum absolute atomic E-state index is 0.255. The molecule has 0 spiro atoms. The summed E-state index contributed by atoms with van der Waals surface area (Å²) >= 11 is 0. The molecule has 0 atom stereocenters. The van der Waals surface area contributed by atoms with E-state index in [0.717, 1.165) is 37.4 Å². The summed E-state index contributed by atoms with van der Waals surface area (Å²) in [5.74, 6) is 1.10. The molecule has 0 amide bonds. The number of rotatable bonds is 8. The molecule has 2 rings (SSSR count). The van der Waals surface area contributed by atoms with Crippen LogP contribution in [0.2, 0.25) is 0 Å². The van der Waals surface area contributed by atoms with Gasteiger partial charge in [0.1, 0.15) is 0 Å². The lowest BCUT2D eigenvalue weighted by atomic mass is 10.1. The fraction of sp³-hybridized carbons (Fsp3) is 0.588. The first-order valence-electron chi connectivity index (χ1n) is 7.57. The van der Waals surface area contributed by atoms with Crippen molar-refractivity contribution in [2.24, 2.45) is 5.92 Å². The summed E-state index contributed by atoms with van der Waals surface area (Å²) in [6, 6.07) is 8.15. The lowest BCUT2D eigenvalue weighted by Crippen LogP contribution is -2.31. The maximum atomic E-state index is 12.2. The number of carbonyl (C=O) groups is 1. The number of hydrogen-bond acceptors (Lipinski definition) is 2. The molecule has 104 valence electrons. The van der Waals surface area contributed by atoms with Crippen molar-refractivity contribution >= 4 is 5.78 Å². The maximum Gasteiger partial charge on any atom is 0.176 e. The van der Waals surface area contributed by atoms with Crippen LogP contribution in [0.5, 0.6) is 0 Å². The topological polar surface area (TPSA) is 20.3 Å². The molecule has 0 N–H and O–H groups in total. The van der Waals surface area contributed by atoms with E-state index in [-0.39, 0.29) is 5.78 Å². The zero-order valence-corrected chi connectivity index (χ0v) is 12.2. The molecule has 1 aromatic carbocycles. The number of benzene rings is 1. The van der Waals surface area contributed by atoms with Crippen molar-refractivity contribution in [3.8, 4) is 0 Å². The second-order valence-electron chi connectivity index (χ2n) is 5.64. The van der Waals surface area contributed by atoms with Crippen LogP contribution in [0.1, 0.15) is 49.0 Å². The molecule has 2 nitrogen and oxygen atoms in total. The highest BCUT2D eigenvalue weighted by atomic mass is 16.1.